The van der Waals surface area contributed by atoms with Gasteiger partial charge in [-0.3, -0.25) is 4.40 Å². The number of fused-ring (bicyclic) bond motifs is 9. The average molecular weight is 529 g/mol. The summed E-state index contributed by atoms with van der Waals surface area (Å²) in [5.41, 5.74) is 7.25. The van der Waals surface area contributed by atoms with Crippen LogP contribution in [-0.4, -0.2) is 14.0 Å². The number of pyridine rings is 1. The molecule has 0 radical (unpaired) electrons. The number of aryl methyl sites for hydroxylation is 2. The van der Waals surface area contributed by atoms with Crippen molar-refractivity contribution in [3.05, 3.63) is 82.1 Å². The maximum absolute atomic E-state index is 6.53. The van der Waals surface area contributed by atoms with E-state index in [4.69, 9.17) is 9.40 Å². The van der Waals surface area contributed by atoms with Crippen LogP contribution in [-0.2, 0) is 7.05 Å². The molecule has 3 aromatic carbocycles. The van der Waals surface area contributed by atoms with Gasteiger partial charge in [0, 0.05) is 26.0 Å². The van der Waals surface area contributed by atoms with Crippen LogP contribution in [0.4, 0.5) is 0 Å². The van der Waals surface area contributed by atoms with Crippen LogP contribution in [0.15, 0.2) is 77.3 Å². The van der Waals surface area contributed by atoms with Crippen LogP contribution in [0, 0.1) is 10.5 Å². The van der Waals surface area contributed by atoms with Gasteiger partial charge in [-0.1, -0.05) is 36.4 Å². The van der Waals surface area contributed by atoms with Crippen molar-refractivity contribution >= 4 is 72.4 Å². The Labute approximate surface area is 196 Å². The van der Waals surface area contributed by atoms with Gasteiger partial charge in [-0.15, -0.1) is 0 Å². The maximum Gasteiger partial charge on any atom is 0.312 e. The van der Waals surface area contributed by atoms with Crippen molar-refractivity contribution in [2.75, 3.05) is 0 Å². The third-order valence-electron chi connectivity index (χ3n) is 6.39. The zero-order valence-electron chi connectivity index (χ0n) is 17.5. The normalized spacial score (nSPS) is 12.2. The van der Waals surface area contributed by atoms with Crippen molar-refractivity contribution in [3.63, 3.8) is 0 Å². The molecule has 4 aromatic heterocycles. The quantitative estimate of drug-likeness (QED) is 0.191. The number of imidazole rings is 2. The number of halogens is 1. The molecule has 0 aliphatic heterocycles. The fraction of sp³-hybridized carbons (Fsp3) is 0.0769. The van der Waals surface area contributed by atoms with Gasteiger partial charge in [-0.2, -0.15) is 9.55 Å². The Bertz CT molecular complexity index is 1870. The first-order valence-electron chi connectivity index (χ1n) is 10.5. The van der Waals surface area contributed by atoms with E-state index in [0.29, 0.717) is 0 Å². The predicted molar refractivity (Wildman–Crippen MR) is 135 cm³/mol. The molecule has 7 rings (SSSR count). The molecular formula is C26H18IN4O+. The molecule has 154 valence electrons. The van der Waals surface area contributed by atoms with Gasteiger partial charge in [0.05, 0.1) is 24.3 Å². The predicted octanol–water partition coefficient (Wildman–Crippen LogP) is 6.07. The van der Waals surface area contributed by atoms with Gasteiger partial charge in [0.15, 0.2) is 11.1 Å². The van der Waals surface area contributed by atoms with Crippen molar-refractivity contribution in [2.24, 2.45) is 7.05 Å². The second-order valence-electron chi connectivity index (χ2n) is 8.18. The molecule has 0 saturated carbocycles. The minimum Gasteiger partial charge on any atom is -0.454 e. The van der Waals surface area contributed by atoms with Crippen LogP contribution in [0.1, 0.15) is 5.56 Å². The third-order valence-corrected chi connectivity index (χ3v) is 7.73. The Morgan fingerprint density at radius 1 is 0.938 bits per heavy atom. The van der Waals surface area contributed by atoms with Gasteiger partial charge >= 0.3 is 5.78 Å². The van der Waals surface area contributed by atoms with Crippen LogP contribution in [0.2, 0.25) is 0 Å². The molecular weight excluding hydrogens is 511 g/mol. The number of rotatable bonds is 1. The topological polar surface area (TPSA) is 39.2 Å². The molecule has 5 nitrogen and oxygen atoms in total. The van der Waals surface area contributed by atoms with E-state index >= 15 is 0 Å². The molecule has 0 amide bonds. The Morgan fingerprint density at radius 3 is 2.59 bits per heavy atom. The summed E-state index contributed by atoms with van der Waals surface area (Å²) in [6, 6.07) is 22.8. The summed E-state index contributed by atoms with van der Waals surface area (Å²) in [5.74, 6) is 1.94. The standard InChI is InChI=1S/C26H18IN4O/c1-15-22(27)21-16-9-3-6-12-19(16)32-25(21)24-23(15)31(20-13-7-8-14-29(20)2)26-28-17-10-4-5-11-18(17)30(24)26/h3-14H,1-2H3/q+1. The van der Waals surface area contributed by atoms with Gasteiger partial charge in [0.1, 0.15) is 11.1 Å². The highest BCUT2D eigenvalue weighted by molar-refractivity contribution is 14.1. The van der Waals surface area contributed by atoms with Gasteiger partial charge in [-0.05, 0) is 53.8 Å². The van der Waals surface area contributed by atoms with Crippen LogP contribution in [0.5, 0.6) is 0 Å². The smallest absolute Gasteiger partial charge is 0.312 e. The van der Waals surface area contributed by atoms with Gasteiger partial charge in [-0.25, -0.2) is 4.57 Å². The van der Waals surface area contributed by atoms with E-state index in [9.17, 15) is 0 Å². The van der Waals surface area contributed by atoms with E-state index in [-0.39, 0.29) is 0 Å². The number of hydrogen-bond acceptors (Lipinski definition) is 2. The highest BCUT2D eigenvalue weighted by atomic mass is 127. The third kappa shape index (κ3) is 2.17. The minimum atomic E-state index is 0.884. The molecule has 4 heterocycles. The van der Waals surface area contributed by atoms with Crippen LogP contribution >= 0.6 is 22.6 Å². The fourth-order valence-corrected chi connectivity index (χ4v) is 5.73. The molecule has 0 saturated heterocycles. The molecule has 0 unspecified atom stereocenters. The monoisotopic (exact) mass is 529 g/mol. The highest BCUT2D eigenvalue weighted by Gasteiger charge is 2.30. The van der Waals surface area contributed by atoms with Crippen molar-refractivity contribution in [3.8, 4) is 5.82 Å². The lowest BCUT2D eigenvalue weighted by Gasteiger charge is -2.06. The molecule has 0 aliphatic carbocycles. The molecule has 0 N–H and O–H groups in total. The molecule has 7 aromatic rings. The summed E-state index contributed by atoms with van der Waals surface area (Å²) in [4.78, 5) is 5.07. The molecule has 0 spiro atoms. The lowest BCUT2D eigenvalue weighted by atomic mass is 10.1. The van der Waals surface area contributed by atoms with Gasteiger partial charge in [0.2, 0.25) is 0 Å². The second kappa shape index (κ2) is 6.32. The lowest BCUT2D eigenvalue weighted by molar-refractivity contribution is -0.665. The number of furan rings is 1. The highest BCUT2D eigenvalue weighted by Crippen LogP contribution is 2.42. The molecule has 0 bridgehead atoms. The zero-order valence-corrected chi connectivity index (χ0v) is 19.7. The molecule has 0 fully saturated rings. The van der Waals surface area contributed by atoms with Crippen molar-refractivity contribution in [2.45, 2.75) is 6.92 Å². The van der Waals surface area contributed by atoms with Gasteiger partial charge in [0.25, 0.3) is 5.82 Å². The van der Waals surface area contributed by atoms with E-state index in [0.717, 1.165) is 50.2 Å². The van der Waals surface area contributed by atoms with E-state index in [1.807, 2.05) is 24.3 Å². The summed E-state index contributed by atoms with van der Waals surface area (Å²) in [7, 11) is 2.07. The number of nitrogens with zero attached hydrogens (tertiary/aromatic N) is 4. The number of para-hydroxylation sites is 3. The summed E-state index contributed by atoms with van der Waals surface area (Å²) >= 11 is 2.47. The summed E-state index contributed by atoms with van der Waals surface area (Å²) < 4.78 is 14.4. The lowest BCUT2D eigenvalue weighted by Crippen LogP contribution is -2.33. The summed E-state index contributed by atoms with van der Waals surface area (Å²) in [6.45, 7) is 2.20. The maximum atomic E-state index is 6.53. The van der Waals surface area contributed by atoms with Crippen molar-refractivity contribution in [1.82, 2.24) is 14.0 Å². The van der Waals surface area contributed by atoms with E-state index in [1.54, 1.807) is 0 Å². The Hall–Kier alpha value is -3.39. The minimum absolute atomic E-state index is 0.884. The first-order chi connectivity index (χ1) is 15.6. The molecule has 32 heavy (non-hydrogen) atoms. The Kier molecular flexibility index (Phi) is 3.60. The van der Waals surface area contributed by atoms with Crippen LogP contribution < -0.4 is 4.57 Å². The first-order valence-corrected chi connectivity index (χ1v) is 11.6. The van der Waals surface area contributed by atoms with E-state index < -0.39 is 0 Å². The van der Waals surface area contributed by atoms with E-state index in [2.05, 4.69) is 98.8 Å². The first kappa shape index (κ1) is 18.2. The average Bonchev–Trinajstić information content (AvgIpc) is 3.46. The molecule has 0 atom stereocenters. The number of aromatic nitrogens is 4. The fourth-order valence-electron chi connectivity index (χ4n) is 4.94. The Morgan fingerprint density at radius 2 is 1.72 bits per heavy atom. The van der Waals surface area contributed by atoms with Crippen molar-refractivity contribution < 1.29 is 8.98 Å². The summed E-state index contributed by atoms with van der Waals surface area (Å²) in [6.07, 6.45) is 2.07. The van der Waals surface area contributed by atoms with E-state index in [1.165, 1.54) is 14.5 Å². The number of benzene rings is 3. The Balaban J connectivity index is 1.86. The van der Waals surface area contributed by atoms with Crippen LogP contribution in [0.3, 0.4) is 0 Å². The summed E-state index contributed by atoms with van der Waals surface area (Å²) in [5, 5.41) is 2.31. The molecule has 0 aliphatic rings. The van der Waals surface area contributed by atoms with Crippen LogP contribution in [0.25, 0.3) is 55.6 Å². The van der Waals surface area contributed by atoms with Crippen molar-refractivity contribution in [1.29, 1.82) is 0 Å². The SMILES string of the molecule is Cc1c(I)c2c3ccccc3oc2c2c1n(-c1cccc[n+]1C)c1nc3ccccc3n21. The molecule has 6 heteroatoms. The largest absolute Gasteiger partial charge is 0.454 e. The number of hydrogen-bond donors (Lipinski definition) is 0. The zero-order chi connectivity index (χ0) is 21.6. The van der Waals surface area contributed by atoms with Gasteiger partial charge < -0.3 is 4.42 Å². The second-order valence-corrected chi connectivity index (χ2v) is 9.26.